The topological polar surface area (TPSA) is 70.8 Å². The maximum absolute atomic E-state index is 11.5. The molecule has 2 aromatic rings. The Morgan fingerprint density at radius 2 is 2.10 bits per heavy atom. The number of hydrogen-bond acceptors (Lipinski definition) is 6. The number of hydrogen-bond donors (Lipinski definition) is 0. The summed E-state index contributed by atoms with van der Waals surface area (Å²) in [7, 11) is -1.05. The summed E-state index contributed by atoms with van der Waals surface area (Å²) >= 11 is 3.73. The van der Waals surface area contributed by atoms with Crippen molar-refractivity contribution in [3.8, 4) is 0 Å². The molecule has 0 unspecified atom stereocenters. The molecule has 10 heteroatoms. The Kier molecular flexibility index (Phi) is 4.14. The molecule has 7 nitrogen and oxygen atoms in total. The van der Waals surface area contributed by atoms with E-state index in [0.717, 1.165) is 26.6 Å². The van der Waals surface area contributed by atoms with E-state index in [-0.39, 0.29) is 0 Å². The second-order valence-electron chi connectivity index (χ2n) is 5.18. The SMILES string of the molecule is CN(c1nn2cc(I)nc2s1)C1CCN(S(C)(=O)=O)CC1. The van der Waals surface area contributed by atoms with Gasteiger partial charge in [-0.05, 0) is 35.4 Å². The minimum absolute atomic E-state index is 0.318. The standard InChI is InChI=1S/C11H16IN5O2S2/c1-15(8-3-5-16(6-4-8)21(2,18)19)11-14-17-7-9(12)13-10(17)20-11/h7-8H,3-6H2,1-2H3. The Morgan fingerprint density at radius 1 is 1.43 bits per heavy atom. The Labute approximate surface area is 141 Å². The van der Waals surface area contributed by atoms with Gasteiger partial charge in [-0.25, -0.2) is 22.2 Å². The zero-order valence-electron chi connectivity index (χ0n) is 11.7. The van der Waals surface area contributed by atoms with E-state index < -0.39 is 10.0 Å². The molecule has 0 N–H and O–H groups in total. The third-order valence-electron chi connectivity index (χ3n) is 3.75. The van der Waals surface area contributed by atoms with Crippen LogP contribution < -0.4 is 4.90 Å². The summed E-state index contributed by atoms with van der Waals surface area (Å²) in [5.41, 5.74) is 0. The van der Waals surface area contributed by atoms with Gasteiger partial charge in [0.2, 0.25) is 20.1 Å². The molecule has 0 amide bonds. The van der Waals surface area contributed by atoms with Crippen LogP contribution >= 0.6 is 33.9 Å². The van der Waals surface area contributed by atoms with E-state index in [0.29, 0.717) is 19.1 Å². The van der Waals surface area contributed by atoms with Crippen LogP contribution in [-0.4, -0.2) is 59.8 Å². The number of imidazole rings is 1. The van der Waals surface area contributed by atoms with Crippen molar-refractivity contribution in [3.05, 3.63) is 9.90 Å². The molecule has 0 saturated carbocycles. The molecule has 0 aromatic carbocycles. The Morgan fingerprint density at radius 3 is 2.67 bits per heavy atom. The van der Waals surface area contributed by atoms with E-state index in [1.165, 1.54) is 6.26 Å². The number of sulfonamides is 1. The largest absolute Gasteiger partial charge is 0.347 e. The van der Waals surface area contributed by atoms with Gasteiger partial charge in [-0.3, -0.25) is 0 Å². The Balaban J connectivity index is 1.71. The molecular weight excluding hydrogens is 425 g/mol. The van der Waals surface area contributed by atoms with E-state index in [1.54, 1.807) is 20.2 Å². The molecule has 0 atom stereocenters. The number of anilines is 1. The number of halogens is 1. The molecule has 3 heterocycles. The molecule has 116 valence electrons. The Bertz CT molecular complexity index is 716. The van der Waals surface area contributed by atoms with E-state index in [2.05, 4.69) is 37.6 Å². The highest BCUT2D eigenvalue weighted by Crippen LogP contribution is 2.27. The van der Waals surface area contributed by atoms with Gasteiger partial charge in [-0.2, -0.15) is 0 Å². The zero-order valence-corrected chi connectivity index (χ0v) is 15.5. The first-order valence-electron chi connectivity index (χ1n) is 6.54. The van der Waals surface area contributed by atoms with Crippen molar-refractivity contribution in [1.82, 2.24) is 18.9 Å². The van der Waals surface area contributed by atoms with E-state index >= 15 is 0 Å². The van der Waals surface area contributed by atoms with Gasteiger partial charge in [-0.15, -0.1) is 5.10 Å². The fraction of sp³-hybridized carbons (Fsp3) is 0.636. The number of aromatic nitrogens is 3. The summed E-state index contributed by atoms with van der Waals surface area (Å²) in [6.45, 7) is 1.16. The van der Waals surface area contributed by atoms with Crippen LogP contribution in [-0.2, 0) is 10.0 Å². The zero-order chi connectivity index (χ0) is 15.2. The molecule has 1 aliphatic rings. The van der Waals surface area contributed by atoms with Gasteiger partial charge in [0.25, 0.3) is 0 Å². The van der Waals surface area contributed by atoms with Crippen molar-refractivity contribution in [1.29, 1.82) is 0 Å². The summed E-state index contributed by atoms with van der Waals surface area (Å²) in [4.78, 5) is 7.43. The van der Waals surface area contributed by atoms with Crippen LogP contribution in [0.2, 0.25) is 0 Å². The molecule has 0 spiro atoms. The minimum atomic E-state index is -3.07. The average molecular weight is 441 g/mol. The van der Waals surface area contributed by atoms with E-state index in [4.69, 9.17) is 0 Å². The van der Waals surface area contributed by atoms with Crippen LogP contribution in [0.25, 0.3) is 4.96 Å². The van der Waals surface area contributed by atoms with Gasteiger partial charge in [0.05, 0.1) is 12.5 Å². The summed E-state index contributed by atoms with van der Waals surface area (Å²) < 4.78 is 27.4. The second kappa shape index (κ2) is 5.63. The maximum atomic E-state index is 11.5. The van der Waals surface area contributed by atoms with Crippen molar-refractivity contribution in [2.45, 2.75) is 18.9 Å². The molecular formula is C11H16IN5O2S2. The normalized spacial score (nSPS) is 18.4. The molecule has 2 aromatic heterocycles. The lowest BCUT2D eigenvalue weighted by Gasteiger charge is -2.35. The van der Waals surface area contributed by atoms with Crippen molar-refractivity contribution >= 4 is 54.0 Å². The third-order valence-corrected chi connectivity index (χ3v) is 6.58. The predicted octanol–water partition coefficient (Wildman–Crippen LogP) is 1.26. The van der Waals surface area contributed by atoms with Crippen LogP contribution in [0.5, 0.6) is 0 Å². The van der Waals surface area contributed by atoms with Crippen LogP contribution in [0.3, 0.4) is 0 Å². The summed E-state index contributed by atoms with van der Waals surface area (Å²) in [6.07, 6.45) is 4.82. The fourth-order valence-electron chi connectivity index (χ4n) is 2.52. The van der Waals surface area contributed by atoms with E-state index in [9.17, 15) is 8.42 Å². The summed E-state index contributed by atoms with van der Waals surface area (Å²) in [6, 6.07) is 0.318. The Hall–Kier alpha value is -0.460. The van der Waals surface area contributed by atoms with Gasteiger partial charge in [0, 0.05) is 26.2 Å². The lowest BCUT2D eigenvalue weighted by Crippen LogP contribution is -2.45. The highest BCUT2D eigenvalue weighted by molar-refractivity contribution is 14.1. The summed E-state index contributed by atoms with van der Waals surface area (Å²) in [5, 5.41) is 5.46. The highest BCUT2D eigenvalue weighted by atomic mass is 127. The number of piperidine rings is 1. The molecule has 1 saturated heterocycles. The number of rotatable bonds is 3. The molecule has 3 rings (SSSR count). The van der Waals surface area contributed by atoms with Crippen LogP contribution in [0, 0.1) is 3.70 Å². The molecule has 21 heavy (non-hydrogen) atoms. The van der Waals surface area contributed by atoms with Crippen molar-refractivity contribution in [3.63, 3.8) is 0 Å². The third kappa shape index (κ3) is 3.17. The monoisotopic (exact) mass is 441 g/mol. The number of fused-ring (bicyclic) bond motifs is 1. The summed E-state index contributed by atoms with van der Waals surface area (Å²) in [5.74, 6) is 0. The molecule has 1 fully saturated rings. The van der Waals surface area contributed by atoms with Gasteiger partial charge >= 0.3 is 0 Å². The second-order valence-corrected chi connectivity index (χ2v) is 9.20. The van der Waals surface area contributed by atoms with Crippen LogP contribution in [0.4, 0.5) is 5.13 Å². The van der Waals surface area contributed by atoms with Gasteiger partial charge in [-0.1, -0.05) is 11.3 Å². The van der Waals surface area contributed by atoms with E-state index in [1.807, 2.05) is 13.2 Å². The number of nitrogens with zero attached hydrogens (tertiary/aromatic N) is 5. The smallest absolute Gasteiger partial charge is 0.214 e. The van der Waals surface area contributed by atoms with Gasteiger partial charge in [0.1, 0.15) is 3.70 Å². The first-order valence-corrected chi connectivity index (χ1v) is 10.3. The highest BCUT2D eigenvalue weighted by Gasteiger charge is 2.28. The quantitative estimate of drug-likeness (QED) is 0.671. The minimum Gasteiger partial charge on any atom is -0.347 e. The molecule has 0 aliphatic carbocycles. The molecule has 0 bridgehead atoms. The lowest BCUT2D eigenvalue weighted by molar-refractivity contribution is 0.316. The molecule has 0 radical (unpaired) electrons. The van der Waals surface area contributed by atoms with Gasteiger partial charge < -0.3 is 4.90 Å². The average Bonchev–Trinajstić information content (AvgIpc) is 2.94. The van der Waals surface area contributed by atoms with Crippen molar-refractivity contribution in [2.24, 2.45) is 0 Å². The predicted molar refractivity (Wildman–Crippen MR) is 91.4 cm³/mol. The van der Waals surface area contributed by atoms with Crippen LogP contribution in [0.1, 0.15) is 12.8 Å². The first-order chi connectivity index (χ1) is 9.84. The maximum Gasteiger partial charge on any atom is 0.214 e. The van der Waals surface area contributed by atoms with Crippen molar-refractivity contribution in [2.75, 3.05) is 31.3 Å². The van der Waals surface area contributed by atoms with Crippen molar-refractivity contribution < 1.29 is 8.42 Å². The van der Waals surface area contributed by atoms with Crippen LogP contribution in [0.15, 0.2) is 6.20 Å². The van der Waals surface area contributed by atoms with Gasteiger partial charge in [0.15, 0.2) is 0 Å². The first kappa shape index (κ1) is 15.4. The lowest BCUT2D eigenvalue weighted by atomic mass is 10.1. The fourth-order valence-corrected chi connectivity index (χ4v) is 4.97. The molecule has 1 aliphatic heterocycles.